The van der Waals surface area contributed by atoms with Gasteiger partial charge in [0.1, 0.15) is 11.6 Å². The van der Waals surface area contributed by atoms with E-state index in [1.807, 2.05) is 11.8 Å². The van der Waals surface area contributed by atoms with E-state index in [1.54, 1.807) is 7.05 Å². The SMILES string of the molecule is CNC(c1c(F)cccc1F)C1CCOC2(CCSC2)C1. The molecular formula is C16H21F2NOS. The van der Waals surface area contributed by atoms with Gasteiger partial charge < -0.3 is 10.1 Å². The number of nitrogens with one attached hydrogen (secondary N) is 1. The third kappa shape index (κ3) is 2.96. The molecule has 3 atom stereocenters. The van der Waals surface area contributed by atoms with Crippen LogP contribution in [0.15, 0.2) is 18.2 Å². The Morgan fingerprint density at radius 3 is 2.76 bits per heavy atom. The highest BCUT2D eigenvalue weighted by Gasteiger charge is 2.43. The molecule has 0 amide bonds. The van der Waals surface area contributed by atoms with E-state index < -0.39 is 11.6 Å². The fourth-order valence-corrected chi connectivity index (χ4v) is 5.02. The number of ether oxygens (including phenoxy) is 1. The molecule has 1 N–H and O–H groups in total. The summed E-state index contributed by atoms with van der Waals surface area (Å²) < 4.78 is 34.2. The van der Waals surface area contributed by atoms with Crippen molar-refractivity contribution in [2.75, 3.05) is 25.2 Å². The number of rotatable bonds is 3. The Balaban J connectivity index is 1.86. The molecule has 2 aliphatic heterocycles. The molecule has 2 heterocycles. The summed E-state index contributed by atoms with van der Waals surface area (Å²) in [5.41, 5.74) is 0.0948. The van der Waals surface area contributed by atoms with Crippen LogP contribution in [0.3, 0.4) is 0 Å². The van der Waals surface area contributed by atoms with E-state index in [9.17, 15) is 8.78 Å². The van der Waals surface area contributed by atoms with Crippen molar-refractivity contribution in [2.45, 2.75) is 30.9 Å². The molecule has 2 fully saturated rings. The van der Waals surface area contributed by atoms with E-state index in [-0.39, 0.29) is 23.1 Å². The highest BCUT2D eigenvalue weighted by atomic mass is 32.2. The van der Waals surface area contributed by atoms with Gasteiger partial charge in [0.25, 0.3) is 0 Å². The van der Waals surface area contributed by atoms with E-state index in [4.69, 9.17) is 4.74 Å². The summed E-state index contributed by atoms with van der Waals surface area (Å²) in [7, 11) is 1.78. The smallest absolute Gasteiger partial charge is 0.130 e. The van der Waals surface area contributed by atoms with Gasteiger partial charge in [-0.25, -0.2) is 8.78 Å². The lowest BCUT2D eigenvalue weighted by Crippen LogP contribution is -2.43. The van der Waals surface area contributed by atoms with Gasteiger partial charge in [-0.05, 0) is 50.1 Å². The molecule has 0 bridgehead atoms. The first-order valence-corrected chi connectivity index (χ1v) is 8.63. The fraction of sp³-hybridized carbons (Fsp3) is 0.625. The minimum absolute atomic E-state index is 0.0790. The second kappa shape index (κ2) is 6.23. The molecule has 1 spiro atoms. The molecule has 116 valence electrons. The molecule has 2 aliphatic rings. The summed E-state index contributed by atoms with van der Waals surface area (Å²) in [6, 6.07) is 3.80. The van der Waals surface area contributed by atoms with Crippen molar-refractivity contribution < 1.29 is 13.5 Å². The van der Waals surface area contributed by atoms with Crippen LogP contribution in [-0.2, 0) is 4.74 Å². The largest absolute Gasteiger partial charge is 0.374 e. The summed E-state index contributed by atoms with van der Waals surface area (Å²) in [4.78, 5) is 0. The maximum absolute atomic E-state index is 14.1. The topological polar surface area (TPSA) is 21.3 Å². The second-order valence-corrected chi connectivity index (χ2v) is 7.09. The first kappa shape index (κ1) is 15.3. The van der Waals surface area contributed by atoms with Crippen LogP contribution in [-0.4, -0.2) is 30.8 Å². The Morgan fingerprint density at radius 2 is 2.14 bits per heavy atom. The normalized spacial score (nSPS) is 30.7. The number of thioether (sulfide) groups is 1. The van der Waals surface area contributed by atoms with Gasteiger partial charge in [-0.15, -0.1) is 0 Å². The Kier molecular flexibility index (Phi) is 4.52. The van der Waals surface area contributed by atoms with Gasteiger partial charge in [-0.1, -0.05) is 6.07 Å². The van der Waals surface area contributed by atoms with Crippen molar-refractivity contribution in [3.8, 4) is 0 Å². The lowest BCUT2D eigenvalue weighted by Gasteiger charge is -2.41. The molecule has 0 radical (unpaired) electrons. The third-order valence-electron chi connectivity index (χ3n) is 4.69. The van der Waals surface area contributed by atoms with Gasteiger partial charge >= 0.3 is 0 Å². The average molecular weight is 313 g/mol. The van der Waals surface area contributed by atoms with Crippen LogP contribution >= 0.6 is 11.8 Å². The Morgan fingerprint density at radius 1 is 1.38 bits per heavy atom. The molecule has 21 heavy (non-hydrogen) atoms. The van der Waals surface area contributed by atoms with E-state index in [1.165, 1.54) is 18.2 Å². The van der Waals surface area contributed by atoms with Gasteiger partial charge in [0.05, 0.1) is 5.60 Å². The number of benzene rings is 1. The lowest BCUT2D eigenvalue weighted by molar-refractivity contribution is -0.0854. The number of halogens is 2. The Hall–Kier alpha value is -0.650. The standard InChI is InChI=1S/C16H21F2NOS/c1-19-15(14-12(17)3-2-4-13(14)18)11-5-7-20-16(9-11)6-8-21-10-16/h2-4,11,15,19H,5-10H2,1H3. The van der Waals surface area contributed by atoms with Crippen molar-refractivity contribution in [1.29, 1.82) is 0 Å². The molecule has 0 saturated carbocycles. The van der Waals surface area contributed by atoms with E-state index in [0.29, 0.717) is 6.61 Å². The minimum Gasteiger partial charge on any atom is -0.374 e. The van der Waals surface area contributed by atoms with Gasteiger partial charge in [0, 0.05) is 24.0 Å². The van der Waals surface area contributed by atoms with Crippen molar-refractivity contribution in [3.63, 3.8) is 0 Å². The molecule has 1 aromatic carbocycles. The van der Waals surface area contributed by atoms with Crippen LogP contribution in [0.4, 0.5) is 8.78 Å². The van der Waals surface area contributed by atoms with E-state index in [2.05, 4.69) is 5.32 Å². The van der Waals surface area contributed by atoms with Crippen LogP contribution in [0.5, 0.6) is 0 Å². The summed E-state index contributed by atoms with van der Waals surface area (Å²) in [6.45, 7) is 0.680. The highest BCUT2D eigenvalue weighted by molar-refractivity contribution is 7.99. The van der Waals surface area contributed by atoms with Crippen LogP contribution in [0.2, 0.25) is 0 Å². The maximum atomic E-state index is 14.1. The molecule has 3 rings (SSSR count). The number of hydrogen-bond donors (Lipinski definition) is 1. The first-order chi connectivity index (χ1) is 10.2. The fourth-order valence-electron chi connectivity index (χ4n) is 3.64. The van der Waals surface area contributed by atoms with E-state index in [0.717, 1.165) is 30.8 Å². The molecule has 5 heteroatoms. The Labute approximate surface area is 128 Å². The van der Waals surface area contributed by atoms with Gasteiger partial charge in [0.2, 0.25) is 0 Å². The predicted molar refractivity (Wildman–Crippen MR) is 81.5 cm³/mol. The Bertz CT molecular complexity index is 485. The van der Waals surface area contributed by atoms with Crippen LogP contribution < -0.4 is 5.32 Å². The molecule has 0 aliphatic carbocycles. The van der Waals surface area contributed by atoms with Crippen molar-refractivity contribution in [2.24, 2.45) is 5.92 Å². The van der Waals surface area contributed by atoms with Crippen LogP contribution in [0, 0.1) is 17.6 Å². The van der Waals surface area contributed by atoms with E-state index >= 15 is 0 Å². The number of hydrogen-bond acceptors (Lipinski definition) is 3. The summed E-state index contributed by atoms with van der Waals surface area (Å²) in [5, 5.41) is 3.13. The first-order valence-electron chi connectivity index (χ1n) is 7.48. The quantitative estimate of drug-likeness (QED) is 0.922. The molecule has 1 aromatic rings. The minimum atomic E-state index is -0.462. The zero-order valence-corrected chi connectivity index (χ0v) is 13.0. The van der Waals surface area contributed by atoms with Crippen molar-refractivity contribution in [3.05, 3.63) is 35.4 Å². The molecular weight excluding hydrogens is 292 g/mol. The highest BCUT2D eigenvalue weighted by Crippen LogP contribution is 2.44. The second-order valence-electron chi connectivity index (χ2n) is 5.99. The van der Waals surface area contributed by atoms with Crippen molar-refractivity contribution >= 4 is 11.8 Å². The molecule has 2 nitrogen and oxygen atoms in total. The maximum Gasteiger partial charge on any atom is 0.130 e. The van der Waals surface area contributed by atoms with Crippen molar-refractivity contribution in [1.82, 2.24) is 5.32 Å². The lowest BCUT2D eigenvalue weighted by atomic mass is 9.79. The molecule has 3 unspecified atom stereocenters. The van der Waals surface area contributed by atoms with Gasteiger partial charge in [0.15, 0.2) is 0 Å². The van der Waals surface area contributed by atoms with Gasteiger partial charge in [-0.3, -0.25) is 0 Å². The zero-order chi connectivity index (χ0) is 14.9. The van der Waals surface area contributed by atoms with Gasteiger partial charge in [-0.2, -0.15) is 11.8 Å². The summed E-state index contributed by atoms with van der Waals surface area (Å²) >= 11 is 1.91. The summed E-state index contributed by atoms with van der Waals surface area (Å²) in [5.74, 6) is 1.39. The van der Waals surface area contributed by atoms with Crippen LogP contribution in [0.1, 0.15) is 30.9 Å². The predicted octanol–water partition coefficient (Wildman–Crippen LogP) is 3.53. The molecule has 0 aromatic heterocycles. The third-order valence-corrected chi connectivity index (χ3v) is 5.91. The monoisotopic (exact) mass is 313 g/mol. The van der Waals surface area contributed by atoms with Crippen LogP contribution in [0.25, 0.3) is 0 Å². The molecule has 2 saturated heterocycles. The zero-order valence-electron chi connectivity index (χ0n) is 12.2. The summed E-state index contributed by atoms with van der Waals surface area (Å²) in [6.07, 6.45) is 2.76. The average Bonchev–Trinajstić information content (AvgIpc) is 2.91.